The second kappa shape index (κ2) is 9.28. The fraction of sp³-hybridized carbons (Fsp3) is 0.182. The standard InChI is InChI=1S/C22H24N2O3S/c1-27-22-12-6-5-11-21(22)23-19-13-15-20(16-14-19)24-28(25,26)17-7-10-18-8-3-2-4-9-18/h2-6,8-9,11-16,23-24H,7,10,17H2,1H3. The zero-order valence-corrected chi connectivity index (χ0v) is 16.6. The topological polar surface area (TPSA) is 67.4 Å². The molecule has 0 aliphatic carbocycles. The molecule has 0 fully saturated rings. The molecule has 6 heteroatoms. The lowest BCUT2D eigenvalue weighted by Gasteiger charge is -2.12. The summed E-state index contributed by atoms with van der Waals surface area (Å²) in [4.78, 5) is 0. The van der Waals surface area contributed by atoms with Gasteiger partial charge in [-0.25, -0.2) is 8.42 Å². The average molecular weight is 397 g/mol. The van der Waals surface area contributed by atoms with E-state index in [1.165, 1.54) is 0 Å². The van der Waals surface area contributed by atoms with Crippen molar-refractivity contribution in [3.8, 4) is 5.75 Å². The van der Waals surface area contributed by atoms with Crippen molar-refractivity contribution in [1.29, 1.82) is 0 Å². The maximum Gasteiger partial charge on any atom is 0.232 e. The third-order valence-corrected chi connectivity index (χ3v) is 5.64. The minimum atomic E-state index is -3.38. The molecule has 0 radical (unpaired) electrons. The third-order valence-electron chi connectivity index (χ3n) is 4.27. The van der Waals surface area contributed by atoms with E-state index in [0.29, 0.717) is 12.1 Å². The van der Waals surface area contributed by atoms with Crippen LogP contribution >= 0.6 is 0 Å². The van der Waals surface area contributed by atoms with Gasteiger partial charge < -0.3 is 10.1 Å². The van der Waals surface area contributed by atoms with E-state index in [1.54, 1.807) is 19.2 Å². The van der Waals surface area contributed by atoms with Crippen LogP contribution in [0.2, 0.25) is 0 Å². The second-order valence-electron chi connectivity index (χ2n) is 6.41. The van der Waals surface area contributed by atoms with Crippen LogP contribution in [-0.4, -0.2) is 21.3 Å². The van der Waals surface area contributed by atoms with E-state index in [0.717, 1.165) is 29.1 Å². The Morgan fingerprint density at radius 2 is 1.46 bits per heavy atom. The molecule has 28 heavy (non-hydrogen) atoms. The van der Waals surface area contributed by atoms with Gasteiger partial charge in [0.25, 0.3) is 0 Å². The summed E-state index contributed by atoms with van der Waals surface area (Å²) < 4.78 is 32.6. The molecular weight excluding hydrogens is 372 g/mol. The molecule has 5 nitrogen and oxygen atoms in total. The highest BCUT2D eigenvalue weighted by Crippen LogP contribution is 2.27. The molecule has 0 heterocycles. The fourth-order valence-electron chi connectivity index (χ4n) is 2.87. The molecule has 0 saturated heterocycles. The molecule has 2 N–H and O–H groups in total. The first-order chi connectivity index (χ1) is 13.6. The van der Waals surface area contributed by atoms with Gasteiger partial charge >= 0.3 is 0 Å². The Hall–Kier alpha value is -2.99. The van der Waals surface area contributed by atoms with Gasteiger partial charge in [-0.05, 0) is 54.8 Å². The Kier molecular flexibility index (Phi) is 6.55. The van der Waals surface area contributed by atoms with E-state index in [4.69, 9.17) is 4.74 Å². The van der Waals surface area contributed by atoms with Crippen molar-refractivity contribution in [1.82, 2.24) is 0 Å². The summed E-state index contributed by atoms with van der Waals surface area (Å²) >= 11 is 0. The predicted octanol–water partition coefficient (Wildman–Crippen LogP) is 4.81. The maximum absolute atomic E-state index is 12.3. The molecule has 0 aliphatic rings. The highest BCUT2D eigenvalue weighted by Gasteiger charge is 2.10. The Bertz CT molecular complexity index is 988. The Morgan fingerprint density at radius 1 is 0.821 bits per heavy atom. The van der Waals surface area contributed by atoms with Gasteiger partial charge in [0.2, 0.25) is 10.0 Å². The van der Waals surface area contributed by atoms with Gasteiger partial charge in [-0.1, -0.05) is 42.5 Å². The van der Waals surface area contributed by atoms with E-state index in [9.17, 15) is 8.42 Å². The SMILES string of the molecule is COc1ccccc1Nc1ccc(NS(=O)(=O)CCCc2ccccc2)cc1. The Morgan fingerprint density at radius 3 is 2.18 bits per heavy atom. The van der Waals surface area contributed by atoms with Gasteiger partial charge in [0.05, 0.1) is 18.6 Å². The number of rotatable bonds is 9. The number of benzene rings is 3. The average Bonchev–Trinajstić information content (AvgIpc) is 2.70. The number of hydrogen-bond acceptors (Lipinski definition) is 4. The van der Waals surface area contributed by atoms with E-state index >= 15 is 0 Å². The van der Waals surface area contributed by atoms with Crippen LogP contribution in [0.15, 0.2) is 78.9 Å². The fourth-order valence-corrected chi connectivity index (χ4v) is 3.99. The highest BCUT2D eigenvalue weighted by molar-refractivity contribution is 7.92. The molecule has 0 aromatic heterocycles. The number of sulfonamides is 1. The van der Waals surface area contributed by atoms with Crippen LogP contribution in [0, 0.1) is 0 Å². The Balaban J connectivity index is 1.55. The number of hydrogen-bond donors (Lipinski definition) is 2. The van der Waals surface area contributed by atoms with Crippen molar-refractivity contribution >= 4 is 27.1 Å². The summed E-state index contributed by atoms with van der Waals surface area (Å²) in [5.41, 5.74) is 3.38. The van der Waals surface area contributed by atoms with Gasteiger partial charge in [0, 0.05) is 11.4 Å². The summed E-state index contributed by atoms with van der Waals surface area (Å²) in [6.07, 6.45) is 1.32. The van der Waals surface area contributed by atoms with Crippen LogP contribution in [0.4, 0.5) is 17.1 Å². The highest BCUT2D eigenvalue weighted by atomic mass is 32.2. The van der Waals surface area contributed by atoms with Gasteiger partial charge in [-0.2, -0.15) is 0 Å². The molecule has 0 unspecified atom stereocenters. The molecule has 0 saturated carbocycles. The molecule has 3 aromatic carbocycles. The van der Waals surface area contributed by atoms with Crippen molar-refractivity contribution < 1.29 is 13.2 Å². The quantitative estimate of drug-likeness (QED) is 0.544. The monoisotopic (exact) mass is 396 g/mol. The molecule has 3 rings (SSSR count). The molecular formula is C22H24N2O3S. The van der Waals surface area contributed by atoms with Crippen molar-refractivity contribution in [2.45, 2.75) is 12.8 Å². The van der Waals surface area contributed by atoms with Crippen molar-refractivity contribution in [2.75, 3.05) is 22.9 Å². The predicted molar refractivity (Wildman–Crippen MR) is 115 cm³/mol. The maximum atomic E-state index is 12.3. The normalized spacial score (nSPS) is 11.0. The van der Waals surface area contributed by atoms with Gasteiger partial charge in [0.15, 0.2) is 0 Å². The molecule has 0 atom stereocenters. The van der Waals surface area contributed by atoms with Crippen molar-refractivity contribution in [3.63, 3.8) is 0 Å². The number of ether oxygens (including phenoxy) is 1. The lowest BCUT2D eigenvalue weighted by Crippen LogP contribution is -2.17. The van der Waals surface area contributed by atoms with E-state index in [1.807, 2.05) is 66.7 Å². The third kappa shape index (κ3) is 5.76. The number of methoxy groups -OCH3 is 1. The summed E-state index contributed by atoms with van der Waals surface area (Å²) in [6.45, 7) is 0. The second-order valence-corrected chi connectivity index (χ2v) is 8.25. The van der Waals surface area contributed by atoms with Gasteiger partial charge in [-0.3, -0.25) is 4.72 Å². The lowest BCUT2D eigenvalue weighted by atomic mass is 10.1. The molecule has 0 amide bonds. The van der Waals surface area contributed by atoms with E-state index in [2.05, 4.69) is 10.0 Å². The number of anilines is 3. The summed E-state index contributed by atoms with van der Waals surface area (Å²) in [5, 5.41) is 3.26. The molecule has 0 aliphatic heterocycles. The summed E-state index contributed by atoms with van der Waals surface area (Å²) in [6, 6.07) is 24.6. The van der Waals surface area contributed by atoms with Crippen LogP contribution in [0.25, 0.3) is 0 Å². The van der Waals surface area contributed by atoms with Crippen molar-refractivity contribution in [2.24, 2.45) is 0 Å². The zero-order chi connectivity index (χ0) is 19.8. The number of aryl methyl sites for hydroxylation is 1. The van der Waals surface area contributed by atoms with E-state index in [-0.39, 0.29) is 5.75 Å². The van der Waals surface area contributed by atoms with Crippen LogP contribution in [0.5, 0.6) is 5.75 Å². The van der Waals surface area contributed by atoms with Crippen LogP contribution in [0.3, 0.4) is 0 Å². The summed E-state index contributed by atoms with van der Waals surface area (Å²) in [7, 11) is -1.76. The number of para-hydroxylation sites is 2. The van der Waals surface area contributed by atoms with Crippen molar-refractivity contribution in [3.05, 3.63) is 84.4 Å². The molecule has 146 valence electrons. The van der Waals surface area contributed by atoms with E-state index < -0.39 is 10.0 Å². The molecule has 0 spiro atoms. The first-order valence-corrected chi connectivity index (χ1v) is 10.8. The molecule has 0 bridgehead atoms. The minimum Gasteiger partial charge on any atom is -0.495 e. The number of nitrogens with one attached hydrogen (secondary N) is 2. The molecule has 3 aromatic rings. The first-order valence-electron chi connectivity index (χ1n) is 9.10. The van der Waals surface area contributed by atoms with Crippen LogP contribution in [0.1, 0.15) is 12.0 Å². The minimum absolute atomic E-state index is 0.0864. The largest absolute Gasteiger partial charge is 0.495 e. The van der Waals surface area contributed by atoms with Crippen LogP contribution < -0.4 is 14.8 Å². The Labute approximate surface area is 166 Å². The lowest BCUT2D eigenvalue weighted by molar-refractivity contribution is 0.417. The first kappa shape index (κ1) is 19.8. The van der Waals surface area contributed by atoms with Gasteiger partial charge in [0.1, 0.15) is 5.75 Å². The van der Waals surface area contributed by atoms with Gasteiger partial charge in [-0.15, -0.1) is 0 Å². The van der Waals surface area contributed by atoms with Crippen LogP contribution in [-0.2, 0) is 16.4 Å². The summed E-state index contributed by atoms with van der Waals surface area (Å²) in [5.74, 6) is 0.828. The zero-order valence-electron chi connectivity index (χ0n) is 15.8. The smallest absolute Gasteiger partial charge is 0.232 e.